The molecule has 0 spiro atoms. The fourth-order valence-electron chi connectivity index (χ4n) is 2.27. The van der Waals surface area contributed by atoms with Gasteiger partial charge in [-0.05, 0) is 37.5 Å². The molecule has 0 heterocycles. The molecule has 2 unspecified atom stereocenters. The first-order chi connectivity index (χ1) is 9.52. The van der Waals surface area contributed by atoms with Gasteiger partial charge in [-0.25, -0.2) is 0 Å². The molecule has 110 valence electrons. The second-order valence-corrected chi connectivity index (χ2v) is 5.09. The molecule has 5 heteroatoms. The minimum Gasteiger partial charge on any atom is -0.490 e. The Balaban J connectivity index is 2.20. The fourth-order valence-corrected chi connectivity index (χ4v) is 2.27. The lowest BCUT2D eigenvalue weighted by Gasteiger charge is -2.13. The molecule has 1 aliphatic rings. The number of carboxylic acid groups (broad SMARTS) is 1. The highest BCUT2D eigenvalue weighted by atomic mass is 16.5. The lowest BCUT2D eigenvalue weighted by Crippen LogP contribution is -2.34. The molecule has 0 bridgehead atoms. The van der Waals surface area contributed by atoms with Crippen LogP contribution in [0.5, 0.6) is 11.5 Å². The molecule has 0 saturated heterocycles. The van der Waals surface area contributed by atoms with Gasteiger partial charge in [0, 0.05) is 5.92 Å². The van der Waals surface area contributed by atoms with E-state index in [1.807, 2.05) is 32.0 Å². The minimum atomic E-state index is -1.13. The van der Waals surface area contributed by atoms with Gasteiger partial charge in [-0.3, -0.25) is 4.79 Å². The largest absolute Gasteiger partial charge is 0.490 e. The Morgan fingerprint density at radius 1 is 1.40 bits per heavy atom. The number of aliphatic carboxylic acids is 1. The molecule has 1 saturated carbocycles. The summed E-state index contributed by atoms with van der Waals surface area (Å²) in [6.45, 7) is 5.09. The molecule has 20 heavy (non-hydrogen) atoms. The maximum atomic E-state index is 11.1. The van der Waals surface area contributed by atoms with Crippen molar-refractivity contribution in [2.45, 2.75) is 38.1 Å². The van der Waals surface area contributed by atoms with E-state index >= 15 is 0 Å². The van der Waals surface area contributed by atoms with Crippen molar-refractivity contribution in [3.05, 3.63) is 23.8 Å². The van der Waals surface area contributed by atoms with Crippen LogP contribution in [0.3, 0.4) is 0 Å². The number of nitrogens with two attached hydrogens (primary N) is 1. The van der Waals surface area contributed by atoms with E-state index in [0.29, 0.717) is 31.1 Å². The number of benzene rings is 1. The normalized spacial score (nSPS) is 24.2. The summed E-state index contributed by atoms with van der Waals surface area (Å²) in [4.78, 5) is 11.1. The Morgan fingerprint density at radius 3 is 2.70 bits per heavy atom. The maximum absolute atomic E-state index is 11.1. The molecular formula is C15H21NO4. The third kappa shape index (κ3) is 2.72. The number of ether oxygens (including phenoxy) is 2. The zero-order valence-electron chi connectivity index (χ0n) is 11.9. The summed E-state index contributed by atoms with van der Waals surface area (Å²) in [6.07, 6.45) is 1.38. The zero-order chi connectivity index (χ0) is 14.8. The first kappa shape index (κ1) is 14.7. The molecule has 1 aliphatic carbocycles. The number of hydrogen-bond donors (Lipinski definition) is 2. The van der Waals surface area contributed by atoms with Gasteiger partial charge < -0.3 is 20.3 Å². The topological polar surface area (TPSA) is 81.8 Å². The van der Waals surface area contributed by atoms with Crippen molar-refractivity contribution >= 4 is 5.97 Å². The quantitative estimate of drug-likeness (QED) is 0.799. The minimum absolute atomic E-state index is 0.153. The molecule has 1 fully saturated rings. The van der Waals surface area contributed by atoms with Gasteiger partial charge in [0.15, 0.2) is 11.5 Å². The van der Waals surface area contributed by atoms with Crippen molar-refractivity contribution in [1.82, 2.24) is 0 Å². The molecule has 0 aliphatic heterocycles. The summed E-state index contributed by atoms with van der Waals surface area (Å²) in [7, 11) is 0. The first-order valence-electron chi connectivity index (χ1n) is 6.94. The van der Waals surface area contributed by atoms with Crippen LogP contribution in [0.1, 0.15) is 38.2 Å². The number of carbonyl (C=O) groups is 1. The molecule has 0 aromatic heterocycles. The number of hydrogen-bond acceptors (Lipinski definition) is 4. The van der Waals surface area contributed by atoms with Crippen molar-refractivity contribution in [2.75, 3.05) is 13.2 Å². The summed E-state index contributed by atoms with van der Waals surface area (Å²) < 4.78 is 11.2. The standard InChI is InChI=1S/C15H21NO4/c1-3-7-20-12-6-5-10(8-13(12)19-4-2)11-9-15(11,16)14(17)18/h5-6,8,11H,3-4,7,9,16H2,1-2H3,(H,17,18). The van der Waals surface area contributed by atoms with Crippen LogP contribution in [0, 0.1) is 0 Å². The molecule has 3 N–H and O–H groups in total. The Hall–Kier alpha value is -1.75. The highest BCUT2D eigenvalue weighted by molar-refractivity contribution is 5.85. The average molecular weight is 279 g/mol. The highest BCUT2D eigenvalue weighted by Crippen LogP contribution is 2.50. The van der Waals surface area contributed by atoms with E-state index in [0.717, 1.165) is 12.0 Å². The number of rotatable bonds is 7. The second kappa shape index (κ2) is 5.71. The van der Waals surface area contributed by atoms with Gasteiger partial charge in [0.25, 0.3) is 0 Å². The summed E-state index contributed by atoms with van der Waals surface area (Å²) in [5.41, 5.74) is 5.60. The van der Waals surface area contributed by atoms with Crippen LogP contribution in [-0.2, 0) is 4.79 Å². The summed E-state index contributed by atoms with van der Waals surface area (Å²) in [5, 5.41) is 9.11. The van der Waals surface area contributed by atoms with Crippen molar-refractivity contribution in [3.8, 4) is 11.5 Å². The van der Waals surface area contributed by atoms with E-state index in [9.17, 15) is 4.79 Å². The monoisotopic (exact) mass is 279 g/mol. The van der Waals surface area contributed by atoms with Crippen molar-refractivity contribution < 1.29 is 19.4 Å². The van der Waals surface area contributed by atoms with Gasteiger partial charge in [0.2, 0.25) is 0 Å². The van der Waals surface area contributed by atoms with Crippen LogP contribution in [0.2, 0.25) is 0 Å². The van der Waals surface area contributed by atoms with Crippen LogP contribution in [0.4, 0.5) is 0 Å². The van der Waals surface area contributed by atoms with Gasteiger partial charge in [-0.2, -0.15) is 0 Å². The Kier molecular flexibility index (Phi) is 4.18. The first-order valence-corrected chi connectivity index (χ1v) is 6.94. The van der Waals surface area contributed by atoms with Crippen molar-refractivity contribution in [3.63, 3.8) is 0 Å². The molecule has 1 aromatic rings. The Bertz CT molecular complexity index is 503. The van der Waals surface area contributed by atoms with Gasteiger partial charge in [-0.1, -0.05) is 13.0 Å². The van der Waals surface area contributed by atoms with Gasteiger partial charge >= 0.3 is 5.97 Å². The van der Waals surface area contributed by atoms with Crippen LogP contribution >= 0.6 is 0 Å². The lowest BCUT2D eigenvalue weighted by molar-refractivity contribution is -0.139. The highest BCUT2D eigenvalue weighted by Gasteiger charge is 2.58. The van der Waals surface area contributed by atoms with E-state index in [-0.39, 0.29) is 5.92 Å². The summed E-state index contributed by atoms with van der Waals surface area (Å²) in [5.74, 6) is 0.236. The third-order valence-corrected chi connectivity index (χ3v) is 3.53. The van der Waals surface area contributed by atoms with Crippen molar-refractivity contribution in [1.29, 1.82) is 0 Å². The van der Waals surface area contributed by atoms with E-state index in [2.05, 4.69) is 0 Å². The lowest BCUT2D eigenvalue weighted by atomic mass is 10.1. The SMILES string of the molecule is CCCOc1ccc(C2CC2(N)C(=O)O)cc1OCC. The van der Waals surface area contributed by atoms with E-state index < -0.39 is 11.5 Å². The smallest absolute Gasteiger partial charge is 0.324 e. The molecule has 0 radical (unpaired) electrons. The zero-order valence-corrected chi connectivity index (χ0v) is 11.9. The Labute approximate surface area is 118 Å². The third-order valence-electron chi connectivity index (χ3n) is 3.53. The van der Waals surface area contributed by atoms with E-state index in [4.69, 9.17) is 20.3 Å². The van der Waals surface area contributed by atoms with Crippen LogP contribution < -0.4 is 15.2 Å². The molecule has 0 amide bonds. The predicted octanol–water partition coefficient (Wildman–Crippen LogP) is 2.14. The molecule has 2 atom stereocenters. The average Bonchev–Trinajstić information content (AvgIpc) is 3.11. The van der Waals surface area contributed by atoms with Crippen LogP contribution in [0.15, 0.2) is 18.2 Å². The maximum Gasteiger partial charge on any atom is 0.324 e. The summed E-state index contributed by atoms with van der Waals surface area (Å²) >= 11 is 0. The fraction of sp³-hybridized carbons (Fsp3) is 0.533. The van der Waals surface area contributed by atoms with E-state index in [1.165, 1.54) is 0 Å². The van der Waals surface area contributed by atoms with Gasteiger partial charge in [-0.15, -0.1) is 0 Å². The number of carboxylic acids is 1. The van der Waals surface area contributed by atoms with Gasteiger partial charge in [0.05, 0.1) is 13.2 Å². The predicted molar refractivity (Wildman–Crippen MR) is 75.3 cm³/mol. The van der Waals surface area contributed by atoms with Crippen molar-refractivity contribution in [2.24, 2.45) is 5.73 Å². The molecule has 1 aromatic carbocycles. The molecular weight excluding hydrogens is 258 g/mol. The van der Waals surface area contributed by atoms with Crippen LogP contribution in [-0.4, -0.2) is 29.8 Å². The second-order valence-electron chi connectivity index (χ2n) is 5.09. The van der Waals surface area contributed by atoms with Gasteiger partial charge in [0.1, 0.15) is 5.54 Å². The Morgan fingerprint density at radius 2 is 2.15 bits per heavy atom. The van der Waals surface area contributed by atoms with E-state index in [1.54, 1.807) is 0 Å². The summed E-state index contributed by atoms with van der Waals surface area (Å²) in [6, 6.07) is 5.54. The molecule has 2 rings (SSSR count). The molecule has 5 nitrogen and oxygen atoms in total. The van der Waals surface area contributed by atoms with Crippen LogP contribution in [0.25, 0.3) is 0 Å².